The summed E-state index contributed by atoms with van der Waals surface area (Å²) in [7, 11) is 0. The first-order valence-electron chi connectivity index (χ1n) is 6.67. The molecule has 132 valence electrons. The molecule has 0 atom stereocenters. The van der Waals surface area contributed by atoms with E-state index in [-0.39, 0.29) is 53.6 Å². The van der Waals surface area contributed by atoms with Gasteiger partial charge in [-0.3, -0.25) is 0 Å². The molecule has 0 amide bonds. The predicted octanol–water partition coefficient (Wildman–Crippen LogP) is 2.76. The van der Waals surface area contributed by atoms with Gasteiger partial charge in [-0.25, -0.2) is 24.3 Å². The minimum Gasteiger partial charge on any atom is -0.506 e. The summed E-state index contributed by atoms with van der Waals surface area (Å²) in [6.07, 6.45) is 1.38. The highest BCUT2D eigenvalue weighted by atomic mass is 35.5. The number of aromatic nitrogens is 4. The summed E-state index contributed by atoms with van der Waals surface area (Å²) in [6, 6.07) is 5.96. The fourth-order valence-electron chi connectivity index (χ4n) is 2.16. The molecule has 0 aliphatic heterocycles. The van der Waals surface area contributed by atoms with Gasteiger partial charge in [-0.2, -0.15) is 0 Å². The number of pyridine rings is 2. The number of aryl methyl sites for hydroxylation is 1. The van der Waals surface area contributed by atoms with Crippen LogP contribution in [-0.2, 0) is 0 Å². The van der Waals surface area contributed by atoms with E-state index < -0.39 is 5.82 Å². The summed E-state index contributed by atoms with van der Waals surface area (Å²) in [4.78, 5) is 16.0. The standard InChI is InChI=1S/C15H13FN6O.2ClH/c1-7-6-10(22-15(18)20-7)13-11(23)3-2-9(21-13)8-4-5-19-14(17)12(8)16;;/h2-6,23H,1H3,(H2,17,19)(H2,18,20,22);2*1H. The number of rotatable bonds is 2. The Bertz CT molecular complexity index is 889. The Kier molecular flexibility index (Phi) is 6.43. The molecule has 0 aromatic carbocycles. The van der Waals surface area contributed by atoms with Crippen molar-refractivity contribution in [2.24, 2.45) is 0 Å². The molecule has 7 nitrogen and oxygen atoms in total. The zero-order valence-corrected chi connectivity index (χ0v) is 14.6. The lowest BCUT2D eigenvalue weighted by atomic mass is 10.1. The Morgan fingerprint density at radius 1 is 1.00 bits per heavy atom. The molecular weight excluding hydrogens is 370 g/mol. The fourth-order valence-corrected chi connectivity index (χ4v) is 2.16. The summed E-state index contributed by atoms with van der Waals surface area (Å²) in [5.74, 6) is -0.935. The average Bonchev–Trinajstić information content (AvgIpc) is 2.50. The molecule has 0 spiro atoms. The van der Waals surface area contributed by atoms with E-state index in [0.29, 0.717) is 17.1 Å². The largest absolute Gasteiger partial charge is 0.506 e. The number of anilines is 2. The van der Waals surface area contributed by atoms with Crippen LogP contribution in [0.5, 0.6) is 5.75 Å². The molecule has 3 aromatic heterocycles. The number of hydrogen-bond donors (Lipinski definition) is 3. The van der Waals surface area contributed by atoms with Gasteiger partial charge in [0.15, 0.2) is 11.6 Å². The molecule has 0 radical (unpaired) electrons. The molecule has 0 aliphatic rings. The number of nitrogens with zero attached hydrogens (tertiary/aromatic N) is 4. The third-order valence-electron chi connectivity index (χ3n) is 3.18. The van der Waals surface area contributed by atoms with Gasteiger partial charge in [0.1, 0.15) is 11.4 Å². The van der Waals surface area contributed by atoms with Gasteiger partial charge in [0.25, 0.3) is 0 Å². The maximum absolute atomic E-state index is 14.1. The Balaban J connectivity index is 0.00000156. The molecule has 3 heterocycles. The highest BCUT2D eigenvalue weighted by Gasteiger charge is 2.15. The quantitative estimate of drug-likeness (QED) is 0.620. The van der Waals surface area contributed by atoms with E-state index in [2.05, 4.69) is 19.9 Å². The van der Waals surface area contributed by atoms with Crippen LogP contribution in [0.3, 0.4) is 0 Å². The fraction of sp³-hybridized carbons (Fsp3) is 0.0667. The van der Waals surface area contributed by atoms with Gasteiger partial charge in [0.05, 0.1) is 11.4 Å². The lowest BCUT2D eigenvalue weighted by molar-refractivity contribution is 0.475. The summed E-state index contributed by atoms with van der Waals surface area (Å²) < 4.78 is 14.1. The first kappa shape index (κ1) is 20.3. The maximum atomic E-state index is 14.1. The topological polar surface area (TPSA) is 124 Å². The van der Waals surface area contributed by atoms with Crippen LogP contribution in [0.4, 0.5) is 16.2 Å². The summed E-state index contributed by atoms with van der Waals surface area (Å²) in [6.45, 7) is 1.74. The van der Waals surface area contributed by atoms with Crippen molar-refractivity contribution in [2.45, 2.75) is 6.92 Å². The van der Waals surface area contributed by atoms with E-state index in [1.165, 1.54) is 24.4 Å². The van der Waals surface area contributed by atoms with Gasteiger partial charge in [-0.05, 0) is 31.2 Å². The lowest BCUT2D eigenvalue weighted by Crippen LogP contribution is -2.01. The van der Waals surface area contributed by atoms with Gasteiger partial charge < -0.3 is 16.6 Å². The van der Waals surface area contributed by atoms with Gasteiger partial charge >= 0.3 is 0 Å². The van der Waals surface area contributed by atoms with Crippen LogP contribution in [0.2, 0.25) is 0 Å². The van der Waals surface area contributed by atoms with Crippen molar-refractivity contribution in [1.82, 2.24) is 19.9 Å². The van der Waals surface area contributed by atoms with Crippen molar-refractivity contribution in [1.29, 1.82) is 0 Å². The Morgan fingerprint density at radius 3 is 2.40 bits per heavy atom. The zero-order chi connectivity index (χ0) is 16.6. The number of hydrogen-bond acceptors (Lipinski definition) is 7. The Hall–Kier alpha value is -2.71. The van der Waals surface area contributed by atoms with Crippen LogP contribution in [-0.4, -0.2) is 25.0 Å². The van der Waals surface area contributed by atoms with Gasteiger partial charge in [-0.1, -0.05) is 0 Å². The van der Waals surface area contributed by atoms with Crippen LogP contribution in [0, 0.1) is 12.7 Å². The van der Waals surface area contributed by atoms with E-state index >= 15 is 0 Å². The third-order valence-corrected chi connectivity index (χ3v) is 3.18. The molecule has 10 heteroatoms. The molecule has 3 aromatic rings. The number of nitrogen functional groups attached to an aromatic ring is 2. The third kappa shape index (κ3) is 4.04. The lowest BCUT2D eigenvalue weighted by Gasteiger charge is -2.09. The van der Waals surface area contributed by atoms with Crippen LogP contribution >= 0.6 is 24.8 Å². The van der Waals surface area contributed by atoms with Crippen LogP contribution in [0.25, 0.3) is 22.6 Å². The molecule has 0 saturated heterocycles. The van der Waals surface area contributed by atoms with Gasteiger partial charge in [-0.15, -0.1) is 24.8 Å². The van der Waals surface area contributed by atoms with E-state index in [9.17, 15) is 9.50 Å². The summed E-state index contributed by atoms with van der Waals surface area (Å²) in [5, 5.41) is 10.0. The normalized spacial score (nSPS) is 9.84. The highest BCUT2D eigenvalue weighted by molar-refractivity contribution is 5.85. The van der Waals surface area contributed by atoms with Crippen molar-refractivity contribution >= 4 is 36.6 Å². The first-order chi connectivity index (χ1) is 11.0. The average molecular weight is 385 g/mol. The molecule has 0 saturated carbocycles. The van der Waals surface area contributed by atoms with E-state index in [4.69, 9.17) is 11.5 Å². The second-order valence-electron chi connectivity index (χ2n) is 4.87. The first-order valence-corrected chi connectivity index (χ1v) is 6.67. The van der Waals surface area contributed by atoms with Crippen molar-refractivity contribution < 1.29 is 9.50 Å². The molecular formula is C15H15Cl2FN6O. The summed E-state index contributed by atoms with van der Waals surface area (Å²) in [5.41, 5.74) is 12.7. The van der Waals surface area contributed by atoms with Crippen molar-refractivity contribution in [3.63, 3.8) is 0 Å². The van der Waals surface area contributed by atoms with E-state index in [0.717, 1.165) is 0 Å². The number of aromatic hydroxyl groups is 1. The number of halogens is 3. The van der Waals surface area contributed by atoms with Gasteiger partial charge in [0.2, 0.25) is 5.95 Å². The monoisotopic (exact) mass is 384 g/mol. The highest BCUT2D eigenvalue weighted by Crippen LogP contribution is 2.31. The van der Waals surface area contributed by atoms with E-state index in [1.54, 1.807) is 13.0 Å². The Labute approximate surface area is 155 Å². The van der Waals surface area contributed by atoms with Crippen molar-refractivity contribution in [2.75, 3.05) is 11.5 Å². The number of nitrogens with two attached hydrogens (primary N) is 2. The van der Waals surface area contributed by atoms with Crippen molar-refractivity contribution in [3.05, 3.63) is 42.0 Å². The molecule has 0 unspecified atom stereocenters. The van der Waals surface area contributed by atoms with Gasteiger partial charge in [0, 0.05) is 17.5 Å². The maximum Gasteiger partial charge on any atom is 0.220 e. The molecule has 25 heavy (non-hydrogen) atoms. The molecule has 0 aliphatic carbocycles. The van der Waals surface area contributed by atoms with Crippen LogP contribution < -0.4 is 11.5 Å². The molecule has 0 bridgehead atoms. The van der Waals surface area contributed by atoms with Crippen molar-refractivity contribution in [3.8, 4) is 28.4 Å². The second kappa shape index (κ2) is 7.91. The zero-order valence-electron chi connectivity index (χ0n) is 13.0. The second-order valence-corrected chi connectivity index (χ2v) is 4.87. The Morgan fingerprint density at radius 2 is 1.72 bits per heavy atom. The molecule has 3 rings (SSSR count). The smallest absolute Gasteiger partial charge is 0.220 e. The molecule has 5 N–H and O–H groups in total. The van der Waals surface area contributed by atoms with Crippen LogP contribution in [0.15, 0.2) is 30.5 Å². The van der Waals surface area contributed by atoms with E-state index in [1.807, 2.05) is 0 Å². The summed E-state index contributed by atoms with van der Waals surface area (Å²) >= 11 is 0. The minimum absolute atomic E-state index is 0. The predicted molar refractivity (Wildman–Crippen MR) is 98.2 cm³/mol. The van der Waals surface area contributed by atoms with Crippen LogP contribution in [0.1, 0.15) is 5.69 Å². The SMILES string of the molecule is Cc1cc(-c2nc(-c3ccnc(N)c3F)ccc2O)nc(N)n1.Cl.Cl. The molecule has 0 fully saturated rings. The minimum atomic E-state index is -0.671.